The molecule has 5 heteroatoms. The molecule has 0 radical (unpaired) electrons. The molecule has 2 bridgehead atoms. The van der Waals surface area contributed by atoms with Crippen LogP contribution in [-0.2, 0) is 0 Å². The predicted octanol–water partition coefficient (Wildman–Crippen LogP) is 3.05. The van der Waals surface area contributed by atoms with E-state index in [4.69, 9.17) is 18.0 Å². The van der Waals surface area contributed by atoms with E-state index in [1.165, 1.54) is 19.3 Å². The standard InChI is InChI=1S/C16H24N4S/c1-9-7-11(12(17)21)19-14(18-9)20-13-15(2,3)10-5-6-16(13,4)8-10/h7,10,13H,5-6,8H2,1-4H3,(H2,17,21)(H,18,19,20). The summed E-state index contributed by atoms with van der Waals surface area (Å²) in [6, 6.07) is 2.23. The van der Waals surface area contributed by atoms with Crippen molar-refractivity contribution in [2.45, 2.75) is 53.0 Å². The summed E-state index contributed by atoms with van der Waals surface area (Å²) in [5.74, 6) is 1.45. The number of fused-ring (bicyclic) bond motifs is 2. The predicted molar refractivity (Wildman–Crippen MR) is 89.3 cm³/mol. The SMILES string of the molecule is Cc1cc(C(N)=S)nc(NC2C3(C)CCC(C3)C2(C)C)n1. The maximum absolute atomic E-state index is 5.71. The van der Waals surface area contributed by atoms with Gasteiger partial charge in [-0.25, -0.2) is 9.97 Å². The van der Waals surface area contributed by atoms with Crippen molar-refractivity contribution in [1.82, 2.24) is 9.97 Å². The van der Waals surface area contributed by atoms with Crippen LogP contribution in [-0.4, -0.2) is 21.0 Å². The first kappa shape index (κ1) is 14.7. The van der Waals surface area contributed by atoms with Crippen LogP contribution in [0.2, 0.25) is 0 Å². The van der Waals surface area contributed by atoms with E-state index in [0.29, 0.717) is 28.1 Å². The number of hydrogen-bond donors (Lipinski definition) is 2. The Labute approximate surface area is 131 Å². The summed E-state index contributed by atoms with van der Waals surface area (Å²) in [5.41, 5.74) is 7.85. The molecule has 3 rings (SSSR count). The number of anilines is 1. The quantitative estimate of drug-likeness (QED) is 0.840. The molecule has 3 atom stereocenters. The van der Waals surface area contributed by atoms with Crippen molar-refractivity contribution in [3.63, 3.8) is 0 Å². The second kappa shape index (κ2) is 4.63. The molecule has 1 aromatic rings. The van der Waals surface area contributed by atoms with Crippen LogP contribution in [0.1, 0.15) is 51.4 Å². The number of nitrogens with zero attached hydrogens (tertiary/aromatic N) is 2. The summed E-state index contributed by atoms with van der Waals surface area (Å²) in [5, 5.41) is 3.60. The van der Waals surface area contributed by atoms with Gasteiger partial charge in [0.2, 0.25) is 5.95 Å². The van der Waals surface area contributed by atoms with Crippen molar-refractivity contribution in [2.24, 2.45) is 22.5 Å². The van der Waals surface area contributed by atoms with Crippen molar-refractivity contribution < 1.29 is 0 Å². The highest BCUT2D eigenvalue weighted by Crippen LogP contribution is 2.62. The van der Waals surface area contributed by atoms with Gasteiger partial charge in [0, 0.05) is 11.7 Å². The zero-order chi connectivity index (χ0) is 15.4. The lowest BCUT2D eigenvalue weighted by atomic mass is 9.68. The lowest BCUT2D eigenvalue weighted by Crippen LogP contribution is -2.46. The Kier molecular flexibility index (Phi) is 3.24. The number of nitrogens with two attached hydrogens (primary N) is 1. The van der Waals surface area contributed by atoms with Gasteiger partial charge < -0.3 is 11.1 Å². The second-order valence-electron chi connectivity index (χ2n) is 7.57. The molecule has 1 heterocycles. The Bertz CT molecular complexity index is 593. The third-order valence-corrected chi connectivity index (χ3v) is 5.86. The molecular formula is C16H24N4S. The minimum atomic E-state index is 0.267. The normalized spacial score (nSPS) is 33.1. The molecule has 2 saturated carbocycles. The van der Waals surface area contributed by atoms with Gasteiger partial charge in [0.15, 0.2) is 0 Å². The number of rotatable bonds is 3. The van der Waals surface area contributed by atoms with Gasteiger partial charge in [0.1, 0.15) is 10.7 Å². The molecule has 0 aromatic carbocycles. The lowest BCUT2D eigenvalue weighted by molar-refractivity contribution is 0.155. The molecule has 3 N–H and O–H groups in total. The molecule has 0 amide bonds. The molecular weight excluding hydrogens is 280 g/mol. The van der Waals surface area contributed by atoms with Gasteiger partial charge in [-0.05, 0) is 49.0 Å². The first-order valence-corrected chi connectivity index (χ1v) is 8.05. The fraction of sp³-hybridized carbons (Fsp3) is 0.688. The van der Waals surface area contributed by atoms with E-state index in [9.17, 15) is 0 Å². The number of aryl methyl sites for hydroxylation is 1. The summed E-state index contributed by atoms with van der Waals surface area (Å²) in [4.78, 5) is 9.33. The fourth-order valence-corrected chi connectivity index (χ4v) is 4.66. The maximum atomic E-state index is 5.71. The summed E-state index contributed by atoms with van der Waals surface area (Å²) in [6.07, 6.45) is 3.92. The van der Waals surface area contributed by atoms with E-state index in [1.807, 2.05) is 13.0 Å². The Balaban J connectivity index is 1.92. The van der Waals surface area contributed by atoms with Gasteiger partial charge in [-0.1, -0.05) is 33.0 Å². The summed E-state index contributed by atoms with van der Waals surface area (Å²) in [6.45, 7) is 9.07. The Morgan fingerprint density at radius 1 is 1.38 bits per heavy atom. The summed E-state index contributed by atoms with van der Waals surface area (Å²) < 4.78 is 0. The minimum absolute atomic E-state index is 0.267. The molecule has 0 spiro atoms. The Morgan fingerprint density at radius 3 is 2.67 bits per heavy atom. The van der Waals surface area contributed by atoms with E-state index in [-0.39, 0.29) is 5.41 Å². The van der Waals surface area contributed by atoms with Gasteiger partial charge in [-0.2, -0.15) is 0 Å². The van der Waals surface area contributed by atoms with Crippen LogP contribution >= 0.6 is 12.2 Å². The van der Waals surface area contributed by atoms with Gasteiger partial charge in [0.25, 0.3) is 0 Å². The van der Waals surface area contributed by atoms with E-state index in [1.54, 1.807) is 0 Å². The average Bonchev–Trinajstić information content (AvgIpc) is 2.85. The molecule has 4 nitrogen and oxygen atoms in total. The highest BCUT2D eigenvalue weighted by Gasteiger charge is 2.59. The molecule has 0 saturated heterocycles. The molecule has 3 unspecified atom stereocenters. The molecule has 114 valence electrons. The van der Waals surface area contributed by atoms with Crippen LogP contribution in [0.15, 0.2) is 6.07 Å². The van der Waals surface area contributed by atoms with Crippen LogP contribution in [0.5, 0.6) is 0 Å². The number of aromatic nitrogens is 2. The van der Waals surface area contributed by atoms with Crippen molar-refractivity contribution in [3.05, 3.63) is 17.5 Å². The first-order chi connectivity index (χ1) is 9.72. The third kappa shape index (κ3) is 2.31. The highest BCUT2D eigenvalue weighted by atomic mass is 32.1. The lowest BCUT2D eigenvalue weighted by Gasteiger charge is -2.43. The third-order valence-electron chi connectivity index (χ3n) is 5.65. The van der Waals surface area contributed by atoms with Gasteiger partial charge in [-0.15, -0.1) is 0 Å². The van der Waals surface area contributed by atoms with Crippen molar-refractivity contribution in [2.75, 3.05) is 5.32 Å². The van der Waals surface area contributed by atoms with Crippen molar-refractivity contribution in [1.29, 1.82) is 0 Å². The summed E-state index contributed by atoms with van der Waals surface area (Å²) in [7, 11) is 0. The summed E-state index contributed by atoms with van der Waals surface area (Å²) >= 11 is 5.04. The van der Waals surface area contributed by atoms with E-state index in [2.05, 4.69) is 36.1 Å². The maximum Gasteiger partial charge on any atom is 0.223 e. The number of hydrogen-bond acceptors (Lipinski definition) is 4. The van der Waals surface area contributed by atoms with Gasteiger partial charge in [-0.3, -0.25) is 0 Å². The van der Waals surface area contributed by atoms with Crippen LogP contribution in [0, 0.1) is 23.7 Å². The molecule has 1 aromatic heterocycles. The van der Waals surface area contributed by atoms with E-state index in [0.717, 1.165) is 11.6 Å². The molecule has 2 fully saturated rings. The molecule has 2 aliphatic rings. The monoisotopic (exact) mass is 304 g/mol. The van der Waals surface area contributed by atoms with E-state index >= 15 is 0 Å². The fourth-order valence-electron chi connectivity index (χ4n) is 4.55. The van der Waals surface area contributed by atoms with Crippen molar-refractivity contribution in [3.8, 4) is 0 Å². The zero-order valence-electron chi connectivity index (χ0n) is 13.2. The van der Waals surface area contributed by atoms with E-state index < -0.39 is 0 Å². The smallest absolute Gasteiger partial charge is 0.223 e. The van der Waals surface area contributed by atoms with Crippen LogP contribution in [0.4, 0.5) is 5.95 Å². The topological polar surface area (TPSA) is 63.8 Å². The second-order valence-corrected chi connectivity index (χ2v) is 8.01. The Morgan fingerprint density at radius 2 is 2.10 bits per heavy atom. The first-order valence-electron chi connectivity index (χ1n) is 7.64. The Hall–Kier alpha value is -1.23. The molecule has 21 heavy (non-hydrogen) atoms. The van der Waals surface area contributed by atoms with Crippen LogP contribution in [0.25, 0.3) is 0 Å². The van der Waals surface area contributed by atoms with Crippen molar-refractivity contribution >= 4 is 23.2 Å². The number of nitrogens with one attached hydrogen (secondary N) is 1. The molecule has 2 aliphatic carbocycles. The van der Waals surface area contributed by atoms with Gasteiger partial charge in [0.05, 0.1) is 0 Å². The van der Waals surface area contributed by atoms with Crippen LogP contribution < -0.4 is 11.1 Å². The van der Waals surface area contributed by atoms with Crippen LogP contribution in [0.3, 0.4) is 0 Å². The largest absolute Gasteiger partial charge is 0.388 e. The zero-order valence-corrected chi connectivity index (χ0v) is 14.0. The number of thiocarbonyl (C=S) groups is 1. The minimum Gasteiger partial charge on any atom is -0.388 e. The molecule has 0 aliphatic heterocycles. The average molecular weight is 304 g/mol. The highest BCUT2D eigenvalue weighted by molar-refractivity contribution is 7.80. The van der Waals surface area contributed by atoms with Gasteiger partial charge >= 0.3 is 0 Å².